The minimum Gasteiger partial charge on any atom is -0.304 e. The Labute approximate surface area is 96.9 Å². The quantitative estimate of drug-likeness (QED) is 0.852. The van der Waals surface area contributed by atoms with Crippen LogP contribution in [0.4, 0.5) is 4.39 Å². The van der Waals surface area contributed by atoms with Gasteiger partial charge in [0.05, 0.1) is 17.9 Å². The number of rotatable bonds is 2. The molecule has 0 aromatic carbocycles. The van der Waals surface area contributed by atoms with Crippen LogP contribution in [0.2, 0.25) is 0 Å². The lowest BCUT2D eigenvalue weighted by Crippen LogP contribution is -2.44. The molecule has 2 heterocycles. The molecule has 1 aromatic heterocycles. The predicted octanol–water partition coefficient (Wildman–Crippen LogP) is 1.39. The van der Waals surface area contributed by atoms with Crippen molar-refractivity contribution in [3.8, 4) is 0 Å². The van der Waals surface area contributed by atoms with Crippen LogP contribution in [0.15, 0.2) is 18.3 Å². The minimum absolute atomic E-state index is 0.0138. The van der Waals surface area contributed by atoms with Gasteiger partial charge in [-0.2, -0.15) is 0 Å². The standard InChI is InChI=1S/C11H15FN2OS/c1-2-9-6-16(15)7-11(14-9)10-4-3-8(12)5-13-10/h3-5,9,11,14H,2,6-7H2,1H3. The topological polar surface area (TPSA) is 42.0 Å². The van der Waals surface area contributed by atoms with Gasteiger partial charge in [0, 0.05) is 28.3 Å². The third-order valence-corrected chi connectivity index (χ3v) is 4.26. The summed E-state index contributed by atoms with van der Waals surface area (Å²) in [7, 11) is -0.802. The Balaban J connectivity index is 2.14. The molecular formula is C11H15FN2OS. The van der Waals surface area contributed by atoms with Crippen LogP contribution in [-0.2, 0) is 10.8 Å². The summed E-state index contributed by atoms with van der Waals surface area (Å²) in [5, 5.41) is 3.39. The van der Waals surface area contributed by atoms with Crippen molar-refractivity contribution in [3.63, 3.8) is 0 Å². The van der Waals surface area contributed by atoms with E-state index in [-0.39, 0.29) is 17.9 Å². The fourth-order valence-corrected chi connectivity index (χ4v) is 3.41. The maximum atomic E-state index is 12.7. The van der Waals surface area contributed by atoms with Gasteiger partial charge in [0.1, 0.15) is 5.82 Å². The molecule has 1 fully saturated rings. The number of nitrogens with one attached hydrogen (secondary N) is 1. The lowest BCUT2D eigenvalue weighted by Gasteiger charge is -2.29. The van der Waals surface area contributed by atoms with Crippen molar-refractivity contribution in [2.24, 2.45) is 0 Å². The van der Waals surface area contributed by atoms with Crippen molar-refractivity contribution in [2.45, 2.75) is 25.4 Å². The molecule has 1 aliphatic rings. The molecule has 0 aliphatic carbocycles. The first-order valence-corrected chi connectivity index (χ1v) is 6.90. The number of pyridine rings is 1. The van der Waals surface area contributed by atoms with Crippen molar-refractivity contribution in [3.05, 3.63) is 29.8 Å². The highest BCUT2D eigenvalue weighted by Gasteiger charge is 2.26. The van der Waals surface area contributed by atoms with E-state index in [2.05, 4.69) is 17.2 Å². The summed E-state index contributed by atoms with van der Waals surface area (Å²) in [6.45, 7) is 2.06. The van der Waals surface area contributed by atoms with Gasteiger partial charge in [-0.05, 0) is 18.6 Å². The lowest BCUT2D eigenvalue weighted by molar-refractivity contribution is 0.448. The summed E-state index contributed by atoms with van der Waals surface area (Å²) < 4.78 is 24.4. The first-order valence-electron chi connectivity index (χ1n) is 5.41. The molecule has 1 aromatic rings. The van der Waals surface area contributed by atoms with Gasteiger partial charge in [0.2, 0.25) is 0 Å². The number of hydrogen-bond acceptors (Lipinski definition) is 3. The maximum absolute atomic E-state index is 12.7. The number of aromatic nitrogens is 1. The van der Waals surface area contributed by atoms with Gasteiger partial charge in [-0.25, -0.2) is 4.39 Å². The Kier molecular flexibility index (Phi) is 3.66. The fourth-order valence-electron chi connectivity index (χ4n) is 1.86. The summed E-state index contributed by atoms with van der Waals surface area (Å²) in [6, 6.07) is 3.30. The second kappa shape index (κ2) is 5.01. The molecule has 2 rings (SSSR count). The second-order valence-corrected chi connectivity index (χ2v) is 5.55. The number of nitrogens with zero attached hydrogens (tertiary/aromatic N) is 1. The first-order chi connectivity index (χ1) is 7.69. The van der Waals surface area contributed by atoms with Crippen LogP contribution in [-0.4, -0.2) is 26.7 Å². The molecule has 3 nitrogen and oxygen atoms in total. The molecule has 16 heavy (non-hydrogen) atoms. The molecule has 1 saturated heterocycles. The normalized spacial score (nSPS) is 30.2. The Hall–Kier alpha value is -0.810. The Morgan fingerprint density at radius 3 is 3.00 bits per heavy atom. The van der Waals surface area contributed by atoms with Crippen molar-refractivity contribution >= 4 is 10.8 Å². The largest absolute Gasteiger partial charge is 0.304 e. The van der Waals surface area contributed by atoms with Gasteiger partial charge in [0.25, 0.3) is 0 Å². The highest BCUT2D eigenvalue weighted by Crippen LogP contribution is 2.18. The van der Waals surface area contributed by atoms with Crippen LogP contribution in [0.1, 0.15) is 25.1 Å². The lowest BCUT2D eigenvalue weighted by atomic mass is 10.1. The third-order valence-electron chi connectivity index (χ3n) is 2.78. The van der Waals surface area contributed by atoms with Crippen molar-refractivity contribution in [1.29, 1.82) is 0 Å². The fraction of sp³-hybridized carbons (Fsp3) is 0.545. The van der Waals surface area contributed by atoms with E-state index in [1.165, 1.54) is 12.3 Å². The third kappa shape index (κ3) is 2.65. The Bertz CT molecular complexity index is 382. The van der Waals surface area contributed by atoms with E-state index in [1.807, 2.05) is 0 Å². The molecule has 5 heteroatoms. The van der Waals surface area contributed by atoms with Gasteiger partial charge in [0.15, 0.2) is 0 Å². The van der Waals surface area contributed by atoms with Crippen molar-refractivity contribution in [1.82, 2.24) is 10.3 Å². The van der Waals surface area contributed by atoms with Crippen LogP contribution in [0.3, 0.4) is 0 Å². The average molecular weight is 242 g/mol. The summed E-state index contributed by atoms with van der Waals surface area (Å²) >= 11 is 0. The molecule has 0 amide bonds. The smallest absolute Gasteiger partial charge is 0.141 e. The van der Waals surface area contributed by atoms with Crippen molar-refractivity contribution < 1.29 is 8.60 Å². The molecule has 0 bridgehead atoms. The molecule has 88 valence electrons. The zero-order valence-electron chi connectivity index (χ0n) is 9.15. The van der Waals surface area contributed by atoms with E-state index in [1.54, 1.807) is 6.07 Å². The molecule has 0 spiro atoms. The van der Waals surface area contributed by atoms with E-state index in [0.717, 1.165) is 12.1 Å². The predicted molar refractivity (Wildman–Crippen MR) is 62.0 cm³/mol. The Morgan fingerprint density at radius 2 is 2.38 bits per heavy atom. The summed E-state index contributed by atoms with van der Waals surface area (Å²) in [5.41, 5.74) is 0.771. The van der Waals surface area contributed by atoms with Gasteiger partial charge in [-0.1, -0.05) is 6.92 Å². The SMILES string of the molecule is CCC1CS(=O)CC(c2ccc(F)cn2)N1. The number of hydrogen-bond donors (Lipinski definition) is 1. The molecule has 1 N–H and O–H groups in total. The van der Waals surface area contributed by atoms with Gasteiger partial charge < -0.3 is 5.32 Å². The summed E-state index contributed by atoms with van der Waals surface area (Å²) in [6.07, 6.45) is 2.15. The first kappa shape index (κ1) is 11.7. The summed E-state index contributed by atoms with van der Waals surface area (Å²) in [4.78, 5) is 4.03. The summed E-state index contributed by atoms with van der Waals surface area (Å²) in [5.74, 6) is 0.927. The molecule has 1 aliphatic heterocycles. The monoisotopic (exact) mass is 242 g/mol. The van der Waals surface area contributed by atoms with Crippen LogP contribution in [0.5, 0.6) is 0 Å². The molecule has 0 radical (unpaired) electrons. The highest BCUT2D eigenvalue weighted by molar-refractivity contribution is 7.85. The maximum Gasteiger partial charge on any atom is 0.141 e. The zero-order valence-corrected chi connectivity index (χ0v) is 9.97. The van der Waals surface area contributed by atoms with Gasteiger partial charge in [-0.15, -0.1) is 0 Å². The van der Waals surface area contributed by atoms with E-state index < -0.39 is 10.8 Å². The van der Waals surface area contributed by atoms with Crippen LogP contribution < -0.4 is 5.32 Å². The minimum atomic E-state index is -0.802. The van der Waals surface area contributed by atoms with Gasteiger partial charge in [-0.3, -0.25) is 9.19 Å². The number of halogens is 1. The molecular weight excluding hydrogens is 227 g/mol. The van der Waals surface area contributed by atoms with E-state index in [9.17, 15) is 8.60 Å². The zero-order chi connectivity index (χ0) is 11.5. The van der Waals surface area contributed by atoms with E-state index in [0.29, 0.717) is 11.5 Å². The molecule has 3 atom stereocenters. The van der Waals surface area contributed by atoms with Crippen LogP contribution in [0, 0.1) is 5.82 Å². The molecule has 3 unspecified atom stereocenters. The molecule has 0 saturated carbocycles. The van der Waals surface area contributed by atoms with E-state index >= 15 is 0 Å². The average Bonchev–Trinajstić information content (AvgIpc) is 2.29. The Morgan fingerprint density at radius 1 is 1.56 bits per heavy atom. The van der Waals surface area contributed by atoms with E-state index in [4.69, 9.17) is 0 Å². The van der Waals surface area contributed by atoms with Gasteiger partial charge >= 0.3 is 0 Å². The second-order valence-electron chi connectivity index (χ2n) is 4.00. The van der Waals surface area contributed by atoms with Crippen molar-refractivity contribution in [2.75, 3.05) is 11.5 Å². The highest BCUT2D eigenvalue weighted by atomic mass is 32.2. The van der Waals surface area contributed by atoms with Crippen LogP contribution >= 0.6 is 0 Å². The van der Waals surface area contributed by atoms with Crippen LogP contribution in [0.25, 0.3) is 0 Å².